The molecule has 9 N–H and O–H groups in total. The van der Waals surface area contributed by atoms with Crippen LogP contribution >= 0.6 is 0 Å². The number of carbonyl (C=O) groups excluding carboxylic acids is 3. The number of carboxylic acid groups (broad SMARTS) is 3. The molecule has 0 aliphatic carbocycles. The maximum Gasteiger partial charge on any atom is 2.00 e. The first-order chi connectivity index (χ1) is 11.0. The van der Waals surface area contributed by atoms with Crippen LogP contribution in [0.2, 0.25) is 0 Å². The molecule has 0 saturated carbocycles. The molecule has 0 aromatic rings. The molecule has 0 fully saturated rings. The van der Waals surface area contributed by atoms with E-state index in [0.717, 1.165) is 0 Å². The first kappa shape index (κ1) is 31.4. The van der Waals surface area contributed by atoms with E-state index in [0.29, 0.717) is 0 Å². The van der Waals surface area contributed by atoms with Crippen molar-refractivity contribution >= 4 is 17.9 Å². The van der Waals surface area contributed by atoms with Gasteiger partial charge < -0.3 is 62.9 Å². The van der Waals surface area contributed by atoms with Gasteiger partial charge in [-0.3, -0.25) is 0 Å². The Morgan fingerprint density at radius 3 is 0.920 bits per heavy atom. The topological polar surface area (TPSA) is 235 Å². The van der Waals surface area contributed by atoms with E-state index < -0.39 is 36.0 Å². The maximum atomic E-state index is 9.81. The van der Waals surface area contributed by atoms with Crippen molar-refractivity contribution in [3.63, 3.8) is 0 Å². The number of nitrogens with two attached hydrogens (primary N) is 3. The van der Waals surface area contributed by atoms with Gasteiger partial charge in [-0.05, 0) is 21.1 Å². The summed E-state index contributed by atoms with van der Waals surface area (Å²) >= 11 is 0. The monoisotopic (exact) mass is 410 g/mol. The van der Waals surface area contributed by atoms with Crippen LogP contribution < -0.4 is 48.5 Å². The molecule has 0 saturated heterocycles. The van der Waals surface area contributed by atoms with Gasteiger partial charge in [-0.2, -0.15) is 0 Å². The van der Waals surface area contributed by atoms with Crippen LogP contribution in [0.3, 0.4) is 0 Å². The predicted octanol–water partition coefficient (Wildman–Crippen LogP) is -8.04. The zero-order chi connectivity index (χ0) is 19.7. The largest absolute Gasteiger partial charge is 2.00 e. The summed E-state index contributed by atoms with van der Waals surface area (Å²) in [5, 5.41) is 37.2. The van der Waals surface area contributed by atoms with Crippen LogP contribution in [0.5, 0.6) is 0 Å². The van der Waals surface area contributed by atoms with Gasteiger partial charge in [0.1, 0.15) is 0 Å². The number of carboxylic acids is 3. The van der Waals surface area contributed by atoms with E-state index in [4.69, 9.17) is 17.2 Å². The van der Waals surface area contributed by atoms with E-state index in [1.807, 2.05) is 0 Å². The van der Waals surface area contributed by atoms with Crippen molar-refractivity contribution in [1.29, 1.82) is 0 Å². The Labute approximate surface area is 158 Å². The third-order valence-corrected chi connectivity index (χ3v) is 2.18. The van der Waals surface area contributed by atoms with Crippen LogP contribution in [0.25, 0.3) is 0 Å². The predicted molar refractivity (Wildman–Crippen MR) is 81.8 cm³/mol. The molecule has 12 nitrogen and oxygen atoms in total. The Hall–Kier alpha value is -1.34. The molecule has 3 unspecified atom stereocenters. The summed E-state index contributed by atoms with van der Waals surface area (Å²) in [7, 11) is 4.88. The van der Waals surface area contributed by atoms with Gasteiger partial charge in [-0.1, -0.05) is 0 Å². The van der Waals surface area contributed by atoms with Crippen LogP contribution in [-0.2, 0) is 30.9 Å². The molecule has 152 valence electrons. The summed E-state index contributed by atoms with van der Waals surface area (Å²) in [6.07, 6.45) is 0. The summed E-state index contributed by atoms with van der Waals surface area (Å²) < 4.78 is 0. The molecular weight excluding hydrogens is 383 g/mol. The number of rotatable bonds is 9. The first-order valence-electron chi connectivity index (χ1n) is 6.88. The minimum absolute atomic E-state index is 0. The minimum Gasteiger partial charge on any atom is -0.548 e. The second kappa shape index (κ2) is 20.7. The average molecular weight is 411 g/mol. The standard InChI is InChI=1S/3C4H10N2O2.Ni/c3*1-6-2-3(5)4(7)8;/h3*3,6H,2,5H2,1H3,(H,7,8);/q;;;+2/p-2. The van der Waals surface area contributed by atoms with Gasteiger partial charge in [0.2, 0.25) is 0 Å². The van der Waals surface area contributed by atoms with Crippen LogP contribution in [0.1, 0.15) is 1.43 Å². The molecule has 0 spiro atoms. The molecule has 0 aliphatic rings. The number of likely N-dealkylation sites (N-methyl/N-ethyl adjacent to an activating group) is 3. The van der Waals surface area contributed by atoms with Crippen LogP contribution in [-0.4, -0.2) is 76.8 Å². The van der Waals surface area contributed by atoms with Gasteiger partial charge in [-0.15, -0.1) is 0 Å². The fraction of sp³-hybridized carbons (Fsp3) is 0.750. The molecule has 0 bridgehead atoms. The average Bonchev–Trinajstić information content (AvgIpc) is 2.49. The Bertz CT molecular complexity index is 317. The Balaban J connectivity index is -0.0000000817. The molecule has 0 aromatic carbocycles. The third kappa shape index (κ3) is 25.0. The van der Waals surface area contributed by atoms with Crippen LogP contribution in [0, 0.1) is 0 Å². The zero-order valence-corrected chi connectivity index (χ0v) is 15.3. The van der Waals surface area contributed by atoms with Crippen molar-refractivity contribution in [3.05, 3.63) is 0 Å². The molecule has 0 rings (SSSR count). The number of nitrogens with one attached hydrogen (secondary N) is 3. The van der Waals surface area contributed by atoms with E-state index in [1.165, 1.54) is 0 Å². The minimum atomic E-state index is -1.22. The van der Waals surface area contributed by atoms with E-state index in [1.54, 1.807) is 21.1 Å². The van der Waals surface area contributed by atoms with Gasteiger partial charge in [0.15, 0.2) is 0 Å². The van der Waals surface area contributed by atoms with Crippen molar-refractivity contribution in [3.8, 4) is 0 Å². The van der Waals surface area contributed by atoms with Gasteiger partial charge in [0.25, 0.3) is 0 Å². The molecule has 13 heteroatoms. The number of hydrogen-bond acceptors (Lipinski definition) is 12. The van der Waals surface area contributed by atoms with Gasteiger partial charge >= 0.3 is 17.9 Å². The number of hydrogen-bond donors (Lipinski definition) is 6. The second-order valence-corrected chi connectivity index (χ2v) is 4.45. The number of aliphatic carboxylic acids is 3. The van der Waals surface area contributed by atoms with Crippen LogP contribution in [0.4, 0.5) is 0 Å². The van der Waals surface area contributed by atoms with Gasteiger partial charge in [-0.25, -0.2) is 0 Å². The molecule has 0 radical (unpaired) electrons. The normalized spacial score (nSPS) is 12.7. The van der Waals surface area contributed by atoms with Gasteiger partial charge in [0, 0.05) is 19.6 Å². The quantitative estimate of drug-likeness (QED) is 0.194. The molecule has 0 aliphatic heterocycles. The van der Waals surface area contributed by atoms with Crippen LogP contribution in [0.15, 0.2) is 0 Å². The molecule has 0 amide bonds. The Kier molecular flexibility index (Phi) is 26.0. The van der Waals surface area contributed by atoms with Crippen molar-refractivity contribution in [2.45, 2.75) is 18.1 Å². The SMILES string of the molecule is CNCC(N)C(=O)[O-].CNCC(N)C(=O)[O-].CNCC(N)C(=O)[O-].[H+].[Ni+2]. The second-order valence-electron chi connectivity index (χ2n) is 4.45. The van der Waals surface area contributed by atoms with E-state index in [2.05, 4.69) is 16.0 Å². The third-order valence-electron chi connectivity index (χ3n) is 2.18. The fourth-order valence-corrected chi connectivity index (χ4v) is 0.910. The van der Waals surface area contributed by atoms with Crippen molar-refractivity contribution in [1.82, 2.24) is 16.0 Å². The molecular formula is C12H28N6NiO6. The van der Waals surface area contributed by atoms with Gasteiger partial charge in [0.05, 0.1) is 36.0 Å². The van der Waals surface area contributed by atoms with E-state index in [-0.39, 0.29) is 37.6 Å². The smallest absolute Gasteiger partial charge is 0.548 e. The Morgan fingerprint density at radius 2 is 0.880 bits per heavy atom. The molecule has 0 heterocycles. The van der Waals surface area contributed by atoms with Crippen molar-refractivity contribution in [2.24, 2.45) is 17.2 Å². The summed E-state index contributed by atoms with van der Waals surface area (Å²) in [6, 6.07) is -2.67. The summed E-state index contributed by atoms with van der Waals surface area (Å²) in [4.78, 5) is 29.4. The summed E-state index contributed by atoms with van der Waals surface area (Å²) in [5.74, 6) is -3.67. The molecule has 25 heavy (non-hydrogen) atoms. The summed E-state index contributed by atoms with van der Waals surface area (Å²) in [6.45, 7) is 0.757. The van der Waals surface area contributed by atoms with E-state index in [9.17, 15) is 29.7 Å². The Morgan fingerprint density at radius 1 is 0.720 bits per heavy atom. The fourth-order valence-electron chi connectivity index (χ4n) is 0.910. The molecule has 0 aromatic heterocycles. The zero-order valence-electron chi connectivity index (χ0n) is 15.4. The van der Waals surface area contributed by atoms with Crippen molar-refractivity contribution in [2.75, 3.05) is 40.8 Å². The molecule has 3 atom stereocenters. The van der Waals surface area contributed by atoms with Crippen molar-refractivity contribution < 1.29 is 47.6 Å². The first-order valence-corrected chi connectivity index (χ1v) is 6.88. The maximum absolute atomic E-state index is 9.81. The summed E-state index contributed by atoms with van der Waals surface area (Å²) in [5.41, 5.74) is 15.0. The number of carbonyl (C=O) groups is 3. The van der Waals surface area contributed by atoms with E-state index >= 15 is 0 Å².